The maximum absolute atomic E-state index is 12.7. The average molecular weight is 327 g/mol. The molecule has 0 radical (unpaired) electrons. The molecule has 0 aliphatic heterocycles. The topological polar surface area (TPSA) is 71.5 Å². The third kappa shape index (κ3) is 4.16. The van der Waals surface area contributed by atoms with Crippen LogP contribution in [0.15, 0.2) is 34.1 Å². The van der Waals surface area contributed by atoms with Gasteiger partial charge in [0.1, 0.15) is 0 Å². The van der Waals surface area contributed by atoms with Gasteiger partial charge in [-0.1, -0.05) is 0 Å². The summed E-state index contributed by atoms with van der Waals surface area (Å²) >= 11 is 1.51. The summed E-state index contributed by atoms with van der Waals surface area (Å²) in [5, 5.41) is 0. The molecule has 0 fully saturated rings. The molecule has 0 spiro atoms. The number of hydrogen-bond donors (Lipinski definition) is 0. The molecular weight excluding hydrogens is 313 g/mol. The van der Waals surface area contributed by atoms with Gasteiger partial charge in [-0.25, -0.2) is 12.7 Å². The van der Waals surface area contributed by atoms with Gasteiger partial charge in [0.05, 0.1) is 9.79 Å². The Morgan fingerprint density at radius 3 is 2.00 bits per heavy atom. The zero-order valence-electron chi connectivity index (χ0n) is 10.4. The van der Waals surface area contributed by atoms with E-state index in [0.717, 1.165) is 24.3 Å². The minimum atomic E-state index is -4.81. The molecule has 0 saturated heterocycles. The van der Waals surface area contributed by atoms with E-state index in [1.807, 2.05) is 6.26 Å². The molecule has 1 aromatic carbocycles. The minimum Gasteiger partial charge on any atom is -0.207 e. The second-order valence-corrected chi connectivity index (χ2v) is 8.11. The lowest BCUT2D eigenvalue weighted by atomic mass is 10.4. The van der Waals surface area contributed by atoms with E-state index in [2.05, 4.69) is 0 Å². The summed E-state index contributed by atoms with van der Waals surface area (Å²) in [5.74, 6) is 0.646. The first-order valence-electron chi connectivity index (χ1n) is 5.19. The summed E-state index contributed by atoms with van der Waals surface area (Å²) in [6, 6.07) is 4.03. The Morgan fingerprint density at radius 2 is 1.58 bits per heavy atom. The van der Waals surface area contributed by atoms with Crippen molar-refractivity contribution in [2.75, 3.05) is 25.6 Å². The van der Waals surface area contributed by atoms with Crippen molar-refractivity contribution < 1.29 is 20.7 Å². The van der Waals surface area contributed by atoms with Crippen molar-refractivity contribution in [2.45, 2.75) is 9.79 Å². The average Bonchev–Trinajstić information content (AvgIpc) is 2.35. The number of nitrogens with zero attached hydrogens (tertiary/aromatic N) is 1. The molecule has 5 nitrogen and oxygen atoms in total. The molecule has 0 saturated carbocycles. The largest absolute Gasteiger partial charge is 0.332 e. The Morgan fingerprint density at radius 1 is 1.11 bits per heavy atom. The fraction of sp³-hybridized carbons (Fsp3) is 0.400. The Labute approximate surface area is 117 Å². The first kappa shape index (κ1) is 16.4. The van der Waals surface area contributed by atoms with E-state index >= 15 is 0 Å². The van der Waals surface area contributed by atoms with E-state index in [1.165, 1.54) is 23.1 Å². The summed E-state index contributed by atoms with van der Waals surface area (Å²) in [5.41, 5.74) is 0. The molecule has 1 aromatic rings. The van der Waals surface area contributed by atoms with Crippen LogP contribution in [-0.2, 0) is 20.2 Å². The van der Waals surface area contributed by atoms with Crippen molar-refractivity contribution >= 4 is 32.0 Å². The molecule has 0 heterocycles. The van der Waals surface area contributed by atoms with Gasteiger partial charge in [-0.3, -0.25) is 0 Å². The molecule has 0 aliphatic carbocycles. The smallest absolute Gasteiger partial charge is 0.207 e. The normalized spacial score (nSPS) is 12.8. The molecule has 9 heteroatoms. The van der Waals surface area contributed by atoms with Crippen molar-refractivity contribution in [2.24, 2.45) is 0 Å². The maximum atomic E-state index is 12.7. The second kappa shape index (κ2) is 6.21. The molecule has 0 amide bonds. The third-order valence-corrected chi connectivity index (χ3v) is 5.72. The Bertz CT molecular complexity index is 625. The van der Waals surface area contributed by atoms with Crippen LogP contribution in [0.2, 0.25) is 0 Å². The predicted molar refractivity (Wildman–Crippen MR) is 72.9 cm³/mol. The molecule has 0 atom stereocenters. The zero-order valence-corrected chi connectivity index (χ0v) is 12.9. The van der Waals surface area contributed by atoms with Crippen LogP contribution in [0.4, 0.5) is 3.89 Å². The lowest BCUT2D eigenvalue weighted by Gasteiger charge is -2.16. The van der Waals surface area contributed by atoms with Crippen LogP contribution in [0, 0.1) is 0 Å². The van der Waals surface area contributed by atoms with Gasteiger partial charge in [0, 0.05) is 19.3 Å². The highest BCUT2D eigenvalue weighted by molar-refractivity contribution is 7.98. The highest BCUT2D eigenvalue weighted by atomic mass is 32.3. The number of benzene rings is 1. The predicted octanol–water partition coefficient (Wildman–Crippen LogP) is 1.33. The van der Waals surface area contributed by atoms with Gasteiger partial charge in [-0.2, -0.15) is 20.2 Å². The second-order valence-electron chi connectivity index (χ2n) is 3.73. The van der Waals surface area contributed by atoms with Crippen molar-refractivity contribution in [3.05, 3.63) is 24.3 Å². The summed E-state index contributed by atoms with van der Waals surface area (Å²) < 4.78 is 59.3. The minimum absolute atomic E-state index is 0.0662. The molecule has 0 bridgehead atoms. The number of hydrogen-bond acceptors (Lipinski definition) is 5. The lowest BCUT2D eigenvalue weighted by Crippen LogP contribution is -2.29. The quantitative estimate of drug-likeness (QED) is 0.737. The highest BCUT2D eigenvalue weighted by Crippen LogP contribution is 2.18. The van der Waals surface area contributed by atoms with Gasteiger partial charge in [0.15, 0.2) is 0 Å². The van der Waals surface area contributed by atoms with Crippen LogP contribution >= 0.6 is 11.8 Å². The number of sulfonamides is 1. The van der Waals surface area contributed by atoms with E-state index in [0.29, 0.717) is 12.3 Å². The number of halogens is 1. The van der Waals surface area contributed by atoms with E-state index in [4.69, 9.17) is 0 Å². The zero-order chi connectivity index (χ0) is 14.7. The van der Waals surface area contributed by atoms with Crippen molar-refractivity contribution in [1.29, 1.82) is 0 Å². The van der Waals surface area contributed by atoms with Gasteiger partial charge in [-0.05, 0) is 30.5 Å². The molecule has 0 N–H and O–H groups in total. The molecule has 1 rings (SSSR count). The van der Waals surface area contributed by atoms with Gasteiger partial charge in [0.2, 0.25) is 10.0 Å². The summed E-state index contributed by atoms with van der Waals surface area (Å²) in [6.45, 7) is 0.340. The van der Waals surface area contributed by atoms with Crippen LogP contribution in [-0.4, -0.2) is 46.7 Å². The number of thioether (sulfide) groups is 1. The van der Waals surface area contributed by atoms with Crippen LogP contribution < -0.4 is 0 Å². The fourth-order valence-electron chi connectivity index (χ4n) is 1.29. The van der Waals surface area contributed by atoms with Crippen LogP contribution in [0.25, 0.3) is 0 Å². The van der Waals surface area contributed by atoms with Gasteiger partial charge >= 0.3 is 10.2 Å². The molecule has 19 heavy (non-hydrogen) atoms. The van der Waals surface area contributed by atoms with Gasteiger partial charge in [-0.15, -0.1) is 3.89 Å². The van der Waals surface area contributed by atoms with Gasteiger partial charge in [0.25, 0.3) is 0 Å². The maximum Gasteiger partial charge on any atom is 0.332 e. The van der Waals surface area contributed by atoms with Crippen molar-refractivity contribution in [3.63, 3.8) is 0 Å². The lowest BCUT2D eigenvalue weighted by molar-refractivity contribution is 0.488. The first-order valence-corrected chi connectivity index (χ1v) is 9.41. The highest BCUT2D eigenvalue weighted by Gasteiger charge is 2.21. The van der Waals surface area contributed by atoms with E-state index in [1.54, 1.807) is 0 Å². The summed E-state index contributed by atoms with van der Waals surface area (Å²) in [4.78, 5) is -0.623. The summed E-state index contributed by atoms with van der Waals surface area (Å²) in [7, 11) is -7.05. The molecule has 0 unspecified atom stereocenters. The SMILES string of the molecule is CSCCN(C)S(=O)(=O)c1ccc(S(=O)(=O)F)cc1. The van der Waals surface area contributed by atoms with Crippen LogP contribution in [0.1, 0.15) is 0 Å². The molecule has 0 aromatic heterocycles. The molecule has 0 aliphatic rings. The molecular formula is C10H14FNO4S3. The first-order chi connectivity index (χ1) is 8.69. The fourth-order valence-corrected chi connectivity index (χ4v) is 3.50. The third-order valence-electron chi connectivity index (χ3n) is 2.42. The van der Waals surface area contributed by atoms with E-state index < -0.39 is 25.1 Å². The van der Waals surface area contributed by atoms with E-state index in [-0.39, 0.29) is 4.90 Å². The Balaban J connectivity index is 3.03. The Hall–Kier alpha value is -0.640. The summed E-state index contributed by atoms with van der Waals surface area (Å²) in [6.07, 6.45) is 1.86. The van der Waals surface area contributed by atoms with E-state index in [9.17, 15) is 20.7 Å². The van der Waals surface area contributed by atoms with Crippen molar-refractivity contribution in [3.8, 4) is 0 Å². The van der Waals surface area contributed by atoms with Crippen LogP contribution in [0.3, 0.4) is 0 Å². The number of rotatable bonds is 6. The van der Waals surface area contributed by atoms with Crippen molar-refractivity contribution in [1.82, 2.24) is 4.31 Å². The van der Waals surface area contributed by atoms with Crippen LogP contribution in [0.5, 0.6) is 0 Å². The Kier molecular flexibility index (Phi) is 5.36. The monoisotopic (exact) mass is 327 g/mol. The standard InChI is InChI=1S/C10H14FNO4S3/c1-12(7-8-17-2)19(15,16)10-5-3-9(4-6-10)18(11,13)14/h3-6H,7-8H2,1-2H3. The molecule has 108 valence electrons. The van der Waals surface area contributed by atoms with Gasteiger partial charge < -0.3 is 0 Å².